The Morgan fingerprint density at radius 1 is 1.27 bits per heavy atom. The van der Waals surface area contributed by atoms with Gasteiger partial charge in [-0.3, -0.25) is 4.79 Å². The molecule has 0 bridgehead atoms. The molecule has 8 nitrogen and oxygen atoms in total. The van der Waals surface area contributed by atoms with Crippen LogP contribution in [0.25, 0.3) is 0 Å². The van der Waals surface area contributed by atoms with Crippen LogP contribution in [0.1, 0.15) is 41.0 Å². The second-order valence-electron chi connectivity index (χ2n) is 8.30. The first-order valence-corrected chi connectivity index (χ1v) is 9.94. The van der Waals surface area contributed by atoms with Crippen molar-refractivity contribution in [3.63, 3.8) is 0 Å². The lowest BCUT2D eigenvalue weighted by molar-refractivity contribution is -0.160. The van der Waals surface area contributed by atoms with Crippen molar-refractivity contribution >= 4 is 17.9 Å². The molecule has 0 aromatic carbocycles. The number of aliphatic hydroxyl groups excluding tert-OH is 1. The van der Waals surface area contributed by atoms with E-state index in [1.54, 1.807) is 39.8 Å². The first-order chi connectivity index (χ1) is 14.0. The van der Waals surface area contributed by atoms with Gasteiger partial charge in [-0.15, -0.1) is 0 Å². The predicted molar refractivity (Wildman–Crippen MR) is 105 cm³/mol. The fourth-order valence-electron chi connectivity index (χ4n) is 3.85. The van der Waals surface area contributed by atoms with Crippen molar-refractivity contribution in [1.82, 2.24) is 0 Å². The molecule has 8 heteroatoms. The normalized spacial score (nSPS) is 42.1. The molecule has 0 radical (unpaired) electrons. The number of rotatable bonds is 3. The molecule has 30 heavy (non-hydrogen) atoms. The molecule has 2 heterocycles. The summed E-state index contributed by atoms with van der Waals surface area (Å²) in [6.07, 6.45) is -0.284. The van der Waals surface area contributed by atoms with E-state index >= 15 is 0 Å². The maximum Gasteiger partial charge on any atom is 0.341 e. The number of hydrogen-bond donors (Lipinski definition) is 1. The lowest BCUT2D eigenvalue weighted by Gasteiger charge is -2.31. The number of carbonyl (C=O) groups is 3. The van der Waals surface area contributed by atoms with Crippen LogP contribution in [0.3, 0.4) is 0 Å². The highest BCUT2D eigenvalue weighted by atomic mass is 16.7. The van der Waals surface area contributed by atoms with Gasteiger partial charge in [-0.1, -0.05) is 12.7 Å². The quantitative estimate of drug-likeness (QED) is 0.242. The molecule has 0 unspecified atom stereocenters. The molecule has 0 aromatic rings. The second kappa shape index (κ2) is 8.00. The van der Waals surface area contributed by atoms with E-state index in [4.69, 9.17) is 18.9 Å². The third-order valence-electron chi connectivity index (χ3n) is 6.07. The van der Waals surface area contributed by atoms with Crippen LogP contribution >= 0.6 is 0 Å². The van der Waals surface area contributed by atoms with Crippen molar-refractivity contribution < 1.29 is 38.4 Å². The van der Waals surface area contributed by atoms with Gasteiger partial charge in [-0.2, -0.15) is 0 Å². The largest absolute Gasteiger partial charge is 0.458 e. The number of ether oxygens (including phenoxy) is 4. The Labute approximate surface area is 175 Å². The molecule has 0 saturated carbocycles. The van der Waals surface area contributed by atoms with Gasteiger partial charge < -0.3 is 24.1 Å². The Kier molecular flexibility index (Phi) is 5.93. The molecule has 0 aromatic heterocycles. The molecule has 1 aliphatic carbocycles. The van der Waals surface area contributed by atoms with E-state index < -0.39 is 53.8 Å². The maximum atomic E-state index is 12.7. The van der Waals surface area contributed by atoms with Crippen LogP contribution in [0.2, 0.25) is 0 Å². The number of carbonyl (C=O) groups excluding carboxylic acids is 3. The van der Waals surface area contributed by atoms with Gasteiger partial charge in [0.15, 0.2) is 5.60 Å². The monoisotopic (exact) mass is 420 g/mol. The summed E-state index contributed by atoms with van der Waals surface area (Å²) in [6.45, 7) is 11.9. The van der Waals surface area contributed by atoms with Crippen molar-refractivity contribution in [3.8, 4) is 0 Å². The van der Waals surface area contributed by atoms with Gasteiger partial charge in [0, 0.05) is 18.9 Å². The molecular weight excluding hydrogens is 392 g/mol. The zero-order chi connectivity index (χ0) is 22.4. The van der Waals surface area contributed by atoms with E-state index in [1.165, 1.54) is 6.92 Å². The average molecular weight is 420 g/mol. The summed E-state index contributed by atoms with van der Waals surface area (Å²) in [5, 5.41) is 11.2. The van der Waals surface area contributed by atoms with Crippen molar-refractivity contribution in [2.75, 3.05) is 0 Å². The van der Waals surface area contributed by atoms with Gasteiger partial charge in [-0.05, 0) is 44.9 Å². The van der Waals surface area contributed by atoms with Crippen LogP contribution < -0.4 is 0 Å². The SMILES string of the molecule is C=C1C(=O)O[C@H]2/C=C(/C)[C@@H](OC(C)=O)C/C=C(/C)[C@H](OC(=O)[C@@]3(C)O[C@@H]3C)[C@@H](O)[C@@H]12. The lowest BCUT2D eigenvalue weighted by Crippen LogP contribution is -2.44. The number of aliphatic hydroxyl groups is 1. The van der Waals surface area contributed by atoms with Crippen LogP contribution in [0.5, 0.6) is 0 Å². The highest BCUT2D eigenvalue weighted by Crippen LogP contribution is 2.40. The molecule has 0 spiro atoms. The number of fused-ring (bicyclic) bond motifs is 1. The van der Waals surface area contributed by atoms with Crippen LogP contribution in [-0.4, -0.2) is 59.1 Å². The van der Waals surface area contributed by atoms with Gasteiger partial charge >= 0.3 is 17.9 Å². The molecule has 3 rings (SSSR count). The molecule has 7 atom stereocenters. The highest BCUT2D eigenvalue weighted by molar-refractivity contribution is 5.91. The minimum Gasteiger partial charge on any atom is -0.458 e. The summed E-state index contributed by atoms with van der Waals surface area (Å²) in [5.41, 5.74) is 0.273. The van der Waals surface area contributed by atoms with Crippen molar-refractivity contribution in [3.05, 3.63) is 35.5 Å². The number of esters is 3. The van der Waals surface area contributed by atoms with Gasteiger partial charge in [0.05, 0.1) is 12.0 Å². The minimum absolute atomic E-state index is 0.0947. The Morgan fingerprint density at radius 2 is 1.90 bits per heavy atom. The molecular formula is C22H28O8. The second-order valence-corrected chi connectivity index (χ2v) is 8.30. The van der Waals surface area contributed by atoms with Gasteiger partial charge in [0.25, 0.3) is 0 Å². The van der Waals surface area contributed by atoms with E-state index in [9.17, 15) is 19.5 Å². The molecule has 164 valence electrons. The van der Waals surface area contributed by atoms with Crippen LogP contribution in [0, 0.1) is 5.92 Å². The van der Waals surface area contributed by atoms with Crippen LogP contribution in [-0.2, 0) is 33.3 Å². The zero-order valence-electron chi connectivity index (χ0n) is 17.8. The van der Waals surface area contributed by atoms with Crippen molar-refractivity contribution in [2.24, 2.45) is 5.92 Å². The van der Waals surface area contributed by atoms with Gasteiger partial charge in [0.1, 0.15) is 24.4 Å². The topological polar surface area (TPSA) is 112 Å². The minimum atomic E-state index is -1.26. The van der Waals surface area contributed by atoms with E-state index in [-0.39, 0.29) is 11.7 Å². The first-order valence-electron chi connectivity index (χ1n) is 9.94. The number of epoxide rings is 1. The fourth-order valence-corrected chi connectivity index (χ4v) is 3.85. The van der Waals surface area contributed by atoms with Crippen LogP contribution in [0.15, 0.2) is 35.5 Å². The van der Waals surface area contributed by atoms with E-state index in [0.717, 1.165) is 0 Å². The molecule has 2 fully saturated rings. The summed E-state index contributed by atoms with van der Waals surface area (Å²) in [4.78, 5) is 36.4. The molecule has 0 amide bonds. The summed E-state index contributed by atoms with van der Waals surface area (Å²) < 4.78 is 21.8. The standard InChI is InChI=1S/C22H28O8/c1-10-7-8-15(27-14(5)23)11(2)9-16-17(12(3)20(25)28-16)18(24)19(10)29-21(26)22(6)13(4)30-22/h7,9,13,15-19,24H,3,8H2,1-2,4-6H3/b10-7-,11-9-/t13-,15+,16+,17+,18+,19+,22+/m1/s1. The summed E-state index contributed by atoms with van der Waals surface area (Å²) in [6, 6.07) is 0. The Morgan fingerprint density at radius 3 is 2.47 bits per heavy atom. The first kappa shape index (κ1) is 22.2. The Balaban J connectivity index is 1.98. The molecule has 2 saturated heterocycles. The molecule has 1 N–H and O–H groups in total. The smallest absolute Gasteiger partial charge is 0.341 e. The van der Waals surface area contributed by atoms with Crippen molar-refractivity contribution in [2.45, 2.75) is 77.2 Å². The van der Waals surface area contributed by atoms with Crippen molar-refractivity contribution in [1.29, 1.82) is 0 Å². The summed E-state index contributed by atoms with van der Waals surface area (Å²) >= 11 is 0. The fraction of sp³-hybridized carbons (Fsp3) is 0.591. The molecule has 2 aliphatic heterocycles. The predicted octanol–water partition coefficient (Wildman–Crippen LogP) is 1.76. The van der Waals surface area contributed by atoms with E-state index in [1.807, 2.05) is 0 Å². The summed E-state index contributed by atoms with van der Waals surface area (Å²) in [5.74, 6) is -2.50. The lowest BCUT2D eigenvalue weighted by atomic mass is 9.83. The van der Waals surface area contributed by atoms with E-state index in [0.29, 0.717) is 17.6 Å². The maximum absolute atomic E-state index is 12.7. The Bertz CT molecular complexity index is 840. The average Bonchev–Trinajstić information content (AvgIpc) is 3.18. The third kappa shape index (κ3) is 4.06. The van der Waals surface area contributed by atoms with Crippen LogP contribution in [0.4, 0.5) is 0 Å². The van der Waals surface area contributed by atoms with Gasteiger partial charge in [-0.25, -0.2) is 9.59 Å². The molecule has 3 aliphatic rings. The highest BCUT2D eigenvalue weighted by Gasteiger charge is 2.58. The summed E-state index contributed by atoms with van der Waals surface area (Å²) in [7, 11) is 0. The zero-order valence-corrected chi connectivity index (χ0v) is 17.8. The van der Waals surface area contributed by atoms with E-state index in [2.05, 4.69) is 6.58 Å². The Hall–Kier alpha value is -2.45. The number of hydrogen-bond acceptors (Lipinski definition) is 8. The van der Waals surface area contributed by atoms with Gasteiger partial charge in [0.2, 0.25) is 0 Å². The third-order valence-corrected chi connectivity index (χ3v) is 6.07.